The summed E-state index contributed by atoms with van der Waals surface area (Å²) in [7, 11) is 1.51. The van der Waals surface area contributed by atoms with Gasteiger partial charge in [-0.25, -0.2) is 9.78 Å². The molecule has 0 saturated heterocycles. The van der Waals surface area contributed by atoms with E-state index in [9.17, 15) is 9.59 Å². The molecule has 1 atom stereocenters. The summed E-state index contributed by atoms with van der Waals surface area (Å²) in [5, 5.41) is 3.70. The molecule has 1 amide bonds. The van der Waals surface area contributed by atoms with E-state index in [0.717, 1.165) is 10.9 Å². The Kier molecular flexibility index (Phi) is 6.01. The number of nitrogens with one attached hydrogen (secondary N) is 1. The van der Waals surface area contributed by atoms with Gasteiger partial charge in [-0.3, -0.25) is 4.79 Å². The second-order valence-corrected chi connectivity index (χ2v) is 6.03. The fraction of sp³-hybridized carbons (Fsp3) is 0.136. The summed E-state index contributed by atoms with van der Waals surface area (Å²) in [5.41, 5.74) is 1.97. The van der Waals surface area contributed by atoms with Crippen LogP contribution in [0.1, 0.15) is 12.6 Å². The van der Waals surface area contributed by atoms with Crippen LogP contribution in [-0.4, -0.2) is 30.1 Å². The van der Waals surface area contributed by atoms with Gasteiger partial charge in [0.15, 0.2) is 6.10 Å². The molecule has 0 aliphatic heterocycles. The van der Waals surface area contributed by atoms with Crippen molar-refractivity contribution in [3.63, 3.8) is 0 Å². The van der Waals surface area contributed by atoms with Crippen molar-refractivity contribution in [1.82, 2.24) is 4.98 Å². The number of anilines is 1. The summed E-state index contributed by atoms with van der Waals surface area (Å²) in [4.78, 5) is 28.7. The molecule has 0 radical (unpaired) electrons. The summed E-state index contributed by atoms with van der Waals surface area (Å²) in [5.74, 6) is -0.552. The second kappa shape index (κ2) is 8.81. The Bertz CT molecular complexity index is 1030. The third kappa shape index (κ3) is 4.73. The number of amides is 1. The first-order valence-corrected chi connectivity index (χ1v) is 8.75. The first-order valence-electron chi connectivity index (χ1n) is 8.75. The smallest absolute Gasteiger partial charge is 0.331 e. The number of methoxy groups -OCH3 is 1. The maximum Gasteiger partial charge on any atom is 0.331 e. The van der Waals surface area contributed by atoms with Crippen molar-refractivity contribution in [3.8, 4) is 5.75 Å². The highest BCUT2D eigenvalue weighted by molar-refractivity contribution is 5.97. The number of aromatic nitrogens is 1. The van der Waals surface area contributed by atoms with Crippen LogP contribution in [0, 0.1) is 0 Å². The van der Waals surface area contributed by atoms with Gasteiger partial charge in [-0.15, -0.1) is 0 Å². The fourth-order valence-corrected chi connectivity index (χ4v) is 2.58. The van der Waals surface area contributed by atoms with Gasteiger partial charge in [0.2, 0.25) is 0 Å². The molecule has 0 unspecified atom stereocenters. The number of esters is 1. The summed E-state index contributed by atoms with van der Waals surface area (Å²) in [6.45, 7) is 1.50. The van der Waals surface area contributed by atoms with Crippen molar-refractivity contribution in [2.75, 3.05) is 12.4 Å². The van der Waals surface area contributed by atoms with Gasteiger partial charge in [0.25, 0.3) is 5.91 Å². The number of carbonyl (C=O) groups is 2. The third-order valence-electron chi connectivity index (χ3n) is 4.04. The monoisotopic (exact) mass is 376 g/mol. The summed E-state index contributed by atoms with van der Waals surface area (Å²) in [6.07, 6.45) is 1.84. The largest absolute Gasteiger partial charge is 0.495 e. The van der Waals surface area contributed by atoms with Gasteiger partial charge in [-0.2, -0.15) is 0 Å². The minimum Gasteiger partial charge on any atom is -0.495 e. The van der Waals surface area contributed by atoms with Gasteiger partial charge in [0.05, 0.1) is 24.0 Å². The van der Waals surface area contributed by atoms with E-state index in [0.29, 0.717) is 17.1 Å². The molecule has 3 aromatic rings. The van der Waals surface area contributed by atoms with Crippen LogP contribution in [0.2, 0.25) is 0 Å². The molecule has 1 heterocycles. The SMILES string of the molecule is COc1ccccc1NC(=O)[C@@H](C)OC(=O)/C=C\c1ccc2ccccc2n1. The molecule has 1 N–H and O–H groups in total. The highest BCUT2D eigenvalue weighted by atomic mass is 16.5. The van der Waals surface area contributed by atoms with Gasteiger partial charge in [-0.1, -0.05) is 36.4 Å². The van der Waals surface area contributed by atoms with E-state index in [1.165, 1.54) is 20.1 Å². The third-order valence-corrected chi connectivity index (χ3v) is 4.04. The van der Waals surface area contributed by atoms with E-state index in [2.05, 4.69) is 10.3 Å². The van der Waals surface area contributed by atoms with E-state index >= 15 is 0 Å². The number of para-hydroxylation sites is 3. The lowest BCUT2D eigenvalue weighted by Crippen LogP contribution is -2.29. The highest BCUT2D eigenvalue weighted by Crippen LogP contribution is 2.23. The van der Waals surface area contributed by atoms with Crippen LogP contribution in [0.4, 0.5) is 5.69 Å². The van der Waals surface area contributed by atoms with Crippen molar-refractivity contribution in [3.05, 3.63) is 72.4 Å². The number of rotatable bonds is 6. The molecule has 0 aliphatic rings. The van der Waals surface area contributed by atoms with Crippen LogP contribution in [0.25, 0.3) is 17.0 Å². The standard InChI is InChI=1S/C22H20N2O4/c1-15(22(26)24-19-9-5-6-10-20(19)27-2)28-21(25)14-13-17-12-11-16-7-3-4-8-18(16)23-17/h3-15H,1-2H3,(H,24,26)/b14-13-/t15-/m1/s1. The van der Waals surface area contributed by atoms with Gasteiger partial charge in [-0.05, 0) is 37.3 Å². The number of pyridine rings is 1. The Hall–Kier alpha value is -3.67. The Morgan fingerprint density at radius 1 is 1.04 bits per heavy atom. The van der Waals surface area contributed by atoms with Crippen molar-refractivity contribution in [2.24, 2.45) is 0 Å². The molecule has 3 rings (SSSR count). The molecular formula is C22H20N2O4. The Labute approximate surface area is 162 Å². The number of hydrogen-bond donors (Lipinski definition) is 1. The van der Waals surface area contributed by atoms with Crippen LogP contribution >= 0.6 is 0 Å². The van der Waals surface area contributed by atoms with Crippen LogP contribution in [-0.2, 0) is 14.3 Å². The van der Waals surface area contributed by atoms with E-state index < -0.39 is 18.0 Å². The number of carbonyl (C=O) groups excluding carboxylic acids is 2. The number of benzene rings is 2. The van der Waals surface area contributed by atoms with Gasteiger partial charge >= 0.3 is 5.97 Å². The zero-order valence-electron chi connectivity index (χ0n) is 15.6. The quantitative estimate of drug-likeness (QED) is 0.523. The number of nitrogens with zero attached hydrogens (tertiary/aromatic N) is 1. The van der Waals surface area contributed by atoms with E-state index in [-0.39, 0.29) is 0 Å². The minimum absolute atomic E-state index is 0.449. The molecule has 0 fully saturated rings. The molecule has 142 valence electrons. The van der Waals surface area contributed by atoms with Crippen molar-refractivity contribution < 1.29 is 19.1 Å². The van der Waals surface area contributed by atoms with Crippen LogP contribution in [0.5, 0.6) is 5.75 Å². The lowest BCUT2D eigenvalue weighted by Gasteiger charge is -2.14. The highest BCUT2D eigenvalue weighted by Gasteiger charge is 2.18. The van der Waals surface area contributed by atoms with Crippen LogP contribution in [0.3, 0.4) is 0 Å². The Balaban J connectivity index is 1.59. The molecule has 6 nitrogen and oxygen atoms in total. The van der Waals surface area contributed by atoms with E-state index in [1.54, 1.807) is 30.3 Å². The predicted octanol–water partition coefficient (Wildman–Crippen LogP) is 3.83. The molecule has 0 spiro atoms. The topological polar surface area (TPSA) is 77.5 Å². The number of hydrogen-bond acceptors (Lipinski definition) is 5. The summed E-state index contributed by atoms with van der Waals surface area (Å²) >= 11 is 0. The summed E-state index contributed by atoms with van der Waals surface area (Å²) < 4.78 is 10.3. The molecule has 1 aromatic heterocycles. The first-order chi connectivity index (χ1) is 13.6. The lowest BCUT2D eigenvalue weighted by molar-refractivity contribution is -0.148. The average molecular weight is 376 g/mol. The zero-order valence-corrected chi connectivity index (χ0v) is 15.6. The van der Waals surface area contributed by atoms with E-state index in [1.807, 2.05) is 36.4 Å². The van der Waals surface area contributed by atoms with Crippen molar-refractivity contribution in [2.45, 2.75) is 13.0 Å². The Morgan fingerprint density at radius 3 is 2.61 bits per heavy atom. The molecule has 0 bridgehead atoms. The predicted molar refractivity (Wildman–Crippen MR) is 108 cm³/mol. The second-order valence-electron chi connectivity index (χ2n) is 6.03. The van der Waals surface area contributed by atoms with Gasteiger partial charge in [0, 0.05) is 11.5 Å². The maximum atomic E-state index is 12.3. The van der Waals surface area contributed by atoms with Gasteiger partial charge in [0.1, 0.15) is 5.75 Å². The minimum atomic E-state index is -0.966. The van der Waals surface area contributed by atoms with Gasteiger partial charge < -0.3 is 14.8 Å². The number of fused-ring (bicyclic) bond motifs is 1. The van der Waals surface area contributed by atoms with Crippen LogP contribution < -0.4 is 10.1 Å². The fourth-order valence-electron chi connectivity index (χ4n) is 2.58. The molecule has 6 heteroatoms. The average Bonchev–Trinajstić information content (AvgIpc) is 2.72. The molecular weight excluding hydrogens is 356 g/mol. The molecule has 0 saturated carbocycles. The Morgan fingerprint density at radius 2 is 1.79 bits per heavy atom. The molecule has 28 heavy (non-hydrogen) atoms. The van der Waals surface area contributed by atoms with Crippen molar-refractivity contribution >= 4 is 34.5 Å². The molecule has 2 aromatic carbocycles. The maximum absolute atomic E-state index is 12.3. The number of ether oxygens (including phenoxy) is 2. The first kappa shape index (κ1) is 19.1. The molecule has 0 aliphatic carbocycles. The van der Waals surface area contributed by atoms with Crippen LogP contribution in [0.15, 0.2) is 66.7 Å². The zero-order chi connectivity index (χ0) is 19.9. The normalized spacial score (nSPS) is 11.9. The lowest BCUT2D eigenvalue weighted by atomic mass is 10.2. The summed E-state index contributed by atoms with van der Waals surface area (Å²) in [6, 6.07) is 18.4. The van der Waals surface area contributed by atoms with Crippen molar-refractivity contribution in [1.29, 1.82) is 0 Å². The van der Waals surface area contributed by atoms with E-state index in [4.69, 9.17) is 9.47 Å².